The van der Waals surface area contributed by atoms with Gasteiger partial charge in [-0.1, -0.05) is 0 Å². The van der Waals surface area contributed by atoms with Crippen LogP contribution in [0.15, 0.2) is 18.5 Å². The van der Waals surface area contributed by atoms with Crippen LogP contribution in [0.5, 0.6) is 11.5 Å². The van der Waals surface area contributed by atoms with Gasteiger partial charge in [-0.15, -0.1) is 0 Å². The van der Waals surface area contributed by atoms with Crippen molar-refractivity contribution < 1.29 is 4.74 Å². The van der Waals surface area contributed by atoms with Crippen molar-refractivity contribution in [1.29, 1.82) is 5.26 Å². The highest BCUT2D eigenvalue weighted by Crippen LogP contribution is 2.26. The SMILES string of the molecule is CCn1cc(Oc2cc(C)nc(C)c2C#N)cn1. The first-order valence-electron chi connectivity index (χ1n) is 5.72. The second kappa shape index (κ2) is 4.88. The lowest BCUT2D eigenvalue weighted by atomic mass is 10.2. The summed E-state index contributed by atoms with van der Waals surface area (Å²) in [5.74, 6) is 1.15. The number of ether oxygens (including phenoxy) is 1. The largest absolute Gasteiger partial charge is 0.453 e. The summed E-state index contributed by atoms with van der Waals surface area (Å²) in [6, 6.07) is 3.88. The Morgan fingerprint density at radius 3 is 2.83 bits per heavy atom. The predicted molar refractivity (Wildman–Crippen MR) is 66.4 cm³/mol. The van der Waals surface area contributed by atoms with E-state index in [4.69, 9.17) is 10.00 Å². The summed E-state index contributed by atoms with van der Waals surface area (Å²) in [5.41, 5.74) is 1.96. The lowest BCUT2D eigenvalue weighted by Gasteiger charge is -2.07. The van der Waals surface area contributed by atoms with Gasteiger partial charge in [0.15, 0.2) is 5.75 Å². The number of nitriles is 1. The van der Waals surface area contributed by atoms with Crippen LogP contribution < -0.4 is 4.74 Å². The summed E-state index contributed by atoms with van der Waals surface area (Å²) in [4.78, 5) is 4.24. The third-order valence-electron chi connectivity index (χ3n) is 2.57. The maximum Gasteiger partial charge on any atom is 0.165 e. The van der Waals surface area contributed by atoms with E-state index in [1.54, 1.807) is 30.1 Å². The maximum atomic E-state index is 9.13. The molecule has 0 amide bonds. The molecule has 0 aliphatic rings. The smallest absolute Gasteiger partial charge is 0.165 e. The fourth-order valence-corrected chi connectivity index (χ4v) is 1.71. The average Bonchev–Trinajstić information content (AvgIpc) is 2.76. The van der Waals surface area contributed by atoms with Crippen molar-refractivity contribution in [2.75, 3.05) is 0 Å². The van der Waals surface area contributed by atoms with E-state index in [9.17, 15) is 0 Å². The third kappa shape index (κ3) is 2.33. The van der Waals surface area contributed by atoms with Gasteiger partial charge in [0.2, 0.25) is 0 Å². The number of aryl methyl sites for hydroxylation is 3. The monoisotopic (exact) mass is 242 g/mol. The Kier molecular flexibility index (Phi) is 3.28. The molecule has 0 saturated heterocycles. The van der Waals surface area contributed by atoms with Crippen molar-refractivity contribution in [2.45, 2.75) is 27.3 Å². The lowest BCUT2D eigenvalue weighted by Crippen LogP contribution is -1.96. The highest BCUT2D eigenvalue weighted by Gasteiger charge is 2.11. The van der Waals surface area contributed by atoms with Crippen LogP contribution in [0, 0.1) is 25.2 Å². The topological polar surface area (TPSA) is 63.7 Å². The minimum atomic E-state index is 0.463. The van der Waals surface area contributed by atoms with Crippen molar-refractivity contribution in [2.24, 2.45) is 0 Å². The van der Waals surface area contributed by atoms with Gasteiger partial charge in [0.25, 0.3) is 0 Å². The summed E-state index contributed by atoms with van der Waals surface area (Å²) in [7, 11) is 0. The fourth-order valence-electron chi connectivity index (χ4n) is 1.71. The predicted octanol–water partition coefficient (Wildman–Crippen LogP) is 2.58. The molecule has 0 aliphatic heterocycles. The van der Waals surface area contributed by atoms with E-state index in [2.05, 4.69) is 16.2 Å². The molecule has 2 aromatic heterocycles. The van der Waals surface area contributed by atoms with Gasteiger partial charge in [0, 0.05) is 18.3 Å². The Morgan fingerprint density at radius 1 is 1.44 bits per heavy atom. The van der Waals surface area contributed by atoms with Gasteiger partial charge in [-0.3, -0.25) is 9.67 Å². The first-order chi connectivity index (χ1) is 8.63. The Labute approximate surface area is 106 Å². The molecule has 5 heteroatoms. The lowest BCUT2D eigenvalue weighted by molar-refractivity contribution is 0.477. The minimum Gasteiger partial charge on any atom is -0.453 e. The third-order valence-corrected chi connectivity index (χ3v) is 2.57. The number of hydrogen-bond acceptors (Lipinski definition) is 4. The summed E-state index contributed by atoms with van der Waals surface area (Å²) < 4.78 is 7.46. The molecule has 2 aromatic rings. The molecule has 0 fully saturated rings. The number of aromatic nitrogens is 3. The second-order valence-corrected chi connectivity index (χ2v) is 3.97. The van der Waals surface area contributed by atoms with Crippen LogP contribution in [0.3, 0.4) is 0 Å². The van der Waals surface area contributed by atoms with Crippen LogP contribution in [0.25, 0.3) is 0 Å². The molecule has 0 unspecified atom stereocenters. The molecule has 0 spiro atoms. The Hall–Kier alpha value is -2.35. The van der Waals surface area contributed by atoms with E-state index in [1.165, 1.54) is 0 Å². The molecule has 5 nitrogen and oxygen atoms in total. The fraction of sp³-hybridized carbons (Fsp3) is 0.308. The zero-order valence-electron chi connectivity index (χ0n) is 10.6. The van der Waals surface area contributed by atoms with Crippen molar-refractivity contribution >= 4 is 0 Å². The summed E-state index contributed by atoms with van der Waals surface area (Å²) >= 11 is 0. The molecule has 0 radical (unpaired) electrons. The van der Waals surface area contributed by atoms with E-state index in [0.717, 1.165) is 12.2 Å². The summed E-state index contributed by atoms with van der Waals surface area (Å²) in [6.07, 6.45) is 3.43. The molecular formula is C13H14N4O. The molecule has 2 rings (SSSR count). The first-order valence-corrected chi connectivity index (χ1v) is 5.72. The van der Waals surface area contributed by atoms with E-state index >= 15 is 0 Å². The van der Waals surface area contributed by atoms with Crippen molar-refractivity contribution in [3.05, 3.63) is 35.4 Å². The number of hydrogen-bond donors (Lipinski definition) is 0. The molecule has 0 saturated carbocycles. The summed E-state index contributed by atoms with van der Waals surface area (Å²) in [5, 5.41) is 13.3. The number of nitrogens with zero attached hydrogens (tertiary/aromatic N) is 4. The number of rotatable bonds is 3. The van der Waals surface area contributed by atoms with Gasteiger partial charge >= 0.3 is 0 Å². The van der Waals surface area contributed by atoms with Gasteiger partial charge in [-0.25, -0.2) is 0 Å². The van der Waals surface area contributed by atoms with Crippen LogP contribution in [0.2, 0.25) is 0 Å². The van der Waals surface area contributed by atoms with Crippen molar-refractivity contribution in [3.8, 4) is 17.6 Å². The van der Waals surface area contributed by atoms with Gasteiger partial charge in [0.1, 0.15) is 17.4 Å². The molecule has 0 aromatic carbocycles. The molecule has 92 valence electrons. The Bertz CT molecular complexity index is 610. The van der Waals surface area contributed by atoms with Gasteiger partial charge < -0.3 is 4.74 Å². The highest BCUT2D eigenvalue weighted by molar-refractivity contribution is 5.48. The van der Waals surface area contributed by atoms with Gasteiger partial charge in [0.05, 0.1) is 18.1 Å². The molecule has 0 N–H and O–H groups in total. The zero-order chi connectivity index (χ0) is 13.1. The van der Waals surface area contributed by atoms with Crippen LogP contribution >= 0.6 is 0 Å². The van der Waals surface area contributed by atoms with E-state index in [-0.39, 0.29) is 0 Å². The summed E-state index contributed by atoms with van der Waals surface area (Å²) in [6.45, 7) is 6.45. The van der Waals surface area contributed by atoms with Crippen LogP contribution in [-0.2, 0) is 6.54 Å². The average molecular weight is 242 g/mol. The zero-order valence-corrected chi connectivity index (χ0v) is 10.6. The normalized spacial score (nSPS) is 10.1. The van der Waals surface area contributed by atoms with E-state index < -0.39 is 0 Å². The first kappa shape index (κ1) is 12.1. The minimum absolute atomic E-state index is 0.463. The molecule has 18 heavy (non-hydrogen) atoms. The number of pyridine rings is 1. The maximum absolute atomic E-state index is 9.13. The molecular weight excluding hydrogens is 228 g/mol. The van der Waals surface area contributed by atoms with Crippen molar-refractivity contribution in [1.82, 2.24) is 14.8 Å². The standard InChI is InChI=1S/C13H14N4O/c1-4-17-8-11(7-15-17)18-13-5-9(2)16-10(3)12(13)6-14/h5,7-8H,4H2,1-3H3. The molecule has 2 heterocycles. The van der Waals surface area contributed by atoms with Gasteiger partial charge in [-0.05, 0) is 20.8 Å². The van der Waals surface area contributed by atoms with Gasteiger partial charge in [-0.2, -0.15) is 10.4 Å². The van der Waals surface area contributed by atoms with Crippen LogP contribution in [0.4, 0.5) is 0 Å². The van der Waals surface area contributed by atoms with E-state index in [1.807, 2.05) is 13.8 Å². The van der Waals surface area contributed by atoms with Crippen molar-refractivity contribution in [3.63, 3.8) is 0 Å². The second-order valence-electron chi connectivity index (χ2n) is 3.97. The Balaban J connectivity index is 2.36. The molecule has 0 atom stereocenters. The quantitative estimate of drug-likeness (QED) is 0.829. The highest BCUT2D eigenvalue weighted by atomic mass is 16.5. The van der Waals surface area contributed by atoms with Crippen LogP contribution in [-0.4, -0.2) is 14.8 Å². The molecule has 0 aliphatic carbocycles. The Morgan fingerprint density at radius 2 is 2.22 bits per heavy atom. The van der Waals surface area contributed by atoms with Crippen LogP contribution in [0.1, 0.15) is 23.9 Å². The molecule has 0 bridgehead atoms. The van der Waals surface area contributed by atoms with E-state index in [0.29, 0.717) is 22.8 Å².